The molecule has 0 saturated heterocycles. The molecule has 20 heavy (non-hydrogen) atoms. The molecule has 0 atom stereocenters. The summed E-state index contributed by atoms with van der Waals surface area (Å²) in [4.78, 5) is 13.9. The molecule has 1 aromatic heterocycles. The maximum absolute atomic E-state index is 12.1. The largest absolute Gasteiger partial charge is 0.398 e. The summed E-state index contributed by atoms with van der Waals surface area (Å²) in [6.07, 6.45) is 5.27. The van der Waals surface area contributed by atoms with Crippen molar-refractivity contribution in [3.05, 3.63) is 41.1 Å². The summed E-state index contributed by atoms with van der Waals surface area (Å²) in [6, 6.07) is 0. The molecular formula is C13H15N5O2. The summed E-state index contributed by atoms with van der Waals surface area (Å²) in [5.74, 6) is 1.32. The molecule has 0 saturated carbocycles. The number of aromatic nitrogens is 1. The molecule has 104 valence electrons. The summed E-state index contributed by atoms with van der Waals surface area (Å²) < 4.78 is 5.11. The molecule has 1 aromatic rings. The molecule has 0 fully saturated rings. The first-order valence-electron chi connectivity index (χ1n) is 6.27. The predicted molar refractivity (Wildman–Crippen MR) is 72.1 cm³/mol. The van der Waals surface area contributed by atoms with Gasteiger partial charge in [0.1, 0.15) is 12.3 Å². The highest BCUT2D eigenvalue weighted by Gasteiger charge is 2.27. The number of hydrogen-bond donors (Lipinski definition) is 1. The van der Waals surface area contributed by atoms with Gasteiger partial charge in [0.25, 0.3) is 5.91 Å². The van der Waals surface area contributed by atoms with Crippen LogP contribution < -0.4 is 5.73 Å². The number of carbonyl (C=O) groups excluding carboxylic acids is 1. The monoisotopic (exact) mass is 273 g/mol. The van der Waals surface area contributed by atoms with Crippen LogP contribution in [0.3, 0.4) is 0 Å². The molecule has 2 aliphatic rings. The van der Waals surface area contributed by atoms with E-state index >= 15 is 0 Å². The maximum atomic E-state index is 12.1. The van der Waals surface area contributed by atoms with Crippen LogP contribution >= 0.6 is 0 Å². The highest BCUT2D eigenvalue weighted by Crippen LogP contribution is 2.19. The van der Waals surface area contributed by atoms with Gasteiger partial charge in [-0.1, -0.05) is 5.16 Å². The van der Waals surface area contributed by atoms with Crippen molar-refractivity contribution in [2.45, 2.75) is 20.4 Å². The first-order chi connectivity index (χ1) is 9.54. The van der Waals surface area contributed by atoms with E-state index < -0.39 is 0 Å². The van der Waals surface area contributed by atoms with Crippen molar-refractivity contribution < 1.29 is 9.32 Å². The van der Waals surface area contributed by atoms with Gasteiger partial charge in [0.05, 0.1) is 12.2 Å². The van der Waals surface area contributed by atoms with Crippen molar-refractivity contribution in [1.29, 1.82) is 0 Å². The molecule has 0 bridgehead atoms. The first kappa shape index (κ1) is 12.5. The Kier molecular flexibility index (Phi) is 2.81. The van der Waals surface area contributed by atoms with E-state index in [1.807, 2.05) is 13.8 Å². The lowest BCUT2D eigenvalue weighted by Gasteiger charge is -2.31. The standard InChI is InChI=1S/C13H15N5O2/c1-8-11(9(2)20-16-8)6-18-13(19)7-17-5-10(14)3-4-12(17)15-18/h3-5H,6-7,14H2,1-2H3. The normalized spacial score (nSPS) is 18.0. The van der Waals surface area contributed by atoms with E-state index in [1.165, 1.54) is 5.01 Å². The van der Waals surface area contributed by atoms with Crippen LogP contribution in [-0.2, 0) is 11.3 Å². The summed E-state index contributed by atoms with van der Waals surface area (Å²) in [6.45, 7) is 4.27. The molecule has 0 aliphatic carbocycles. The minimum absolute atomic E-state index is 0.0897. The van der Waals surface area contributed by atoms with Gasteiger partial charge in [-0.25, -0.2) is 5.01 Å². The number of fused-ring (bicyclic) bond motifs is 1. The van der Waals surface area contributed by atoms with Crippen LogP contribution in [0.15, 0.2) is 33.7 Å². The number of amidine groups is 1. The zero-order chi connectivity index (χ0) is 14.3. The lowest BCUT2D eigenvalue weighted by Crippen LogP contribution is -2.45. The number of allylic oxidation sites excluding steroid dienone is 1. The molecular weight excluding hydrogens is 258 g/mol. The van der Waals surface area contributed by atoms with Crippen molar-refractivity contribution >= 4 is 11.7 Å². The van der Waals surface area contributed by atoms with Crippen molar-refractivity contribution in [1.82, 2.24) is 15.1 Å². The number of nitrogens with two attached hydrogens (primary N) is 1. The Morgan fingerprint density at radius 2 is 2.20 bits per heavy atom. The predicted octanol–water partition coefficient (Wildman–Crippen LogP) is 0.619. The second-order valence-corrected chi connectivity index (χ2v) is 4.80. The van der Waals surface area contributed by atoms with Gasteiger partial charge < -0.3 is 15.2 Å². The number of amides is 1. The van der Waals surface area contributed by atoms with Crippen molar-refractivity contribution in [2.24, 2.45) is 10.8 Å². The molecule has 0 unspecified atom stereocenters. The average Bonchev–Trinajstić information content (AvgIpc) is 2.71. The third kappa shape index (κ3) is 2.07. The van der Waals surface area contributed by atoms with E-state index in [-0.39, 0.29) is 12.5 Å². The number of carbonyl (C=O) groups is 1. The third-order valence-electron chi connectivity index (χ3n) is 3.33. The summed E-state index contributed by atoms with van der Waals surface area (Å²) in [7, 11) is 0. The highest BCUT2D eigenvalue weighted by atomic mass is 16.5. The molecule has 3 heterocycles. The van der Waals surface area contributed by atoms with Gasteiger partial charge in [-0.3, -0.25) is 4.79 Å². The fourth-order valence-corrected chi connectivity index (χ4v) is 2.18. The molecule has 2 N–H and O–H groups in total. The van der Waals surface area contributed by atoms with Gasteiger partial charge in [0.2, 0.25) is 0 Å². The third-order valence-corrected chi connectivity index (χ3v) is 3.33. The fraction of sp³-hybridized carbons (Fsp3) is 0.308. The Hall–Kier alpha value is -2.57. The molecule has 2 aliphatic heterocycles. The highest BCUT2D eigenvalue weighted by molar-refractivity contribution is 6.00. The molecule has 1 amide bonds. The van der Waals surface area contributed by atoms with Gasteiger partial charge in [0, 0.05) is 17.5 Å². The van der Waals surface area contributed by atoms with E-state index in [0.717, 1.165) is 11.3 Å². The topological polar surface area (TPSA) is 88.0 Å². The average molecular weight is 273 g/mol. The van der Waals surface area contributed by atoms with E-state index in [4.69, 9.17) is 10.3 Å². The Morgan fingerprint density at radius 3 is 2.90 bits per heavy atom. The van der Waals surface area contributed by atoms with Crippen LogP contribution in [0.4, 0.5) is 0 Å². The maximum Gasteiger partial charge on any atom is 0.263 e. The van der Waals surface area contributed by atoms with Crippen LogP contribution in [-0.4, -0.2) is 33.4 Å². The van der Waals surface area contributed by atoms with Gasteiger partial charge in [0.15, 0.2) is 5.84 Å². The second kappa shape index (κ2) is 4.52. The Bertz CT molecular complexity index is 636. The smallest absolute Gasteiger partial charge is 0.263 e. The lowest BCUT2D eigenvalue weighted by atomic mass is 10.2. The zero-order valence-corrected chi connectivity index (χ0v) is 11.3. The van der Waals surface area contributed by atoms with Crippen LogP contribution in [0.25, 0.3) is 0 Å². The Balaban J connectivity index is 1.87. The molecule has 7 nitrogen and oxygen atoms in total. The van der Waals surface area contributed by atoms with Gasteiger partial charge in [-0.2, -0.15) is 5.10 Å². The number of hydrazone groups is 1. The van der Waals surface area contributed by atoms with E-state index in [1.54, 1.807) is 23.3 Å². The van der Waals surface area contributed by atoms with Gasteiger partial charge >= 0.3 is 0 Å². The zero-order valence-electron chi connectivity index (χ0n) is 11.3. The van der Waals surface area contributed by atoms with E-state index in [0.29, 0.717) is 23.8 Å². The Labute approximate surface area is 116 Å². The second-order valence-electron chi connectivity index (χ2n) is 4.80. The molecule has 3 rings (SSSR count). The summed E-state index contributed by atoms with van der Waals surface area (Å²) >= 11 is 0. The summed E-state index contributed by atoms with van der Waals surface area (Å²) in [5, 5.41) is 9.68. The number of nitrogens with zero attached hydrogens (tertiary/aromatic N) is 4. The van der Waals surface area contributed by atoms with Gasteiger partial charge in [-0.15, -0.1) is 0 Å². The van der Waals surface area contributed by atoms with Crippen LogP contribution in [0.5, 0.6) is 0 Å². The molecule has 0 radical (unpaired) electrons. The van der Waals surface area contributed by atoms with Crippen molar-refractivity contribution in [3.63, 3.8) is 0 Å². The number of hydrogen-bond acceptors (Lipinski definition) is 6. The Morgan fingerprint density at radius 1 is 1.40 bits per heavy atom. The SMILES string of the molecule is Cc1noc(C)c1CN1N=C2C=CC(N)=CN2CC1=O. The number of aryl methyl sites for hydroxylation is 2. The summed E-state index contributed by atoms with van der Waals surface area (Å²) in [5.41, 5.74) is 7.98. The van der Waals surface area contributed by atoms with Crippen molar-refractivity contribution in [3.8, 4) is 0 Å². The molecule has 7 heteroatoms. The van der Waals surface area contributed by atoms with Crippen LogP contribution in [0.2, 0.25) is 0 Å². The molecule has 0 aromatic carbocycles. The van der Waals surface area contributed by atoms with Crippen LogP contribution in [0.1, 0.15) is 17.0 Å². The van der Waals surface area contributed by atoms with E-state index in [2.05, 4.69) is 10.3 Å². The lowest BCUT2D eigenvalue weighted by molar-refractivity contribution is -0.132. The van der Waals surface area contributed by atoms with Gasteiger partial charge in [-0.05, 0) is 26.0 Å². The van der Waals surface area contributed by atoms with E-state index in [9.17, 15) is 4.79 Å². The molecule has 0 spiro atoms. The fourth-order valence-electron chi connectivity index (χ4n) is 2.18. The number of rotatable bonds is 2. The minimum atomic E-state index is -0.0897. The van der Waals surface area contributed by atoms with Crippen molar-refractivity contribution in [2.75, 3.05) is 6.54 Å². The van der Waals surface area contributed by atoms with Crippen LogP contribution in [0, 0.1) is 13.8 Å². The quantitative estimate of drug-likeness (QED) is 0.853. The minimum Gasteiger partial charge on any atom is -0.398 e. The first-order valence-corrected chi connectivity index (χ1v) is 6.27.